The number of methoxy groups -OCH3 is 1. The molecule has 11 heteroatoms. The van der Waals surface area contributed by atoms with Gasteiger partial charge in [0, 0.05) is 30.2 Å². The molecule has 5 aromatic rings. The number of ether oxygens (including phenoxy) is 1. The van der Waals surface area contributed by atoms with Gasteiger partial charge in [-0.25, -0.2) is 13.6 Å². The van der Waals surface area contributed by atoms with Gasteiger partial charge in [-0.05, 0) is 36.4 Å². The van der Waals surface area contributed by atoms with Crippen LogP contribution in [0.4, 0.5) is 4.39 Å². The molecule has 0 amide bonds. The average Bonchev–Trinajstić information content (AvgIpc) is 3.37. The Morgan fingerprint density at radius 3 is 2.42 bits per heavy atom. The van der Waals surface area contributed by atoms with Gasteiger partial charge in [-0.2, -0.15) is 0 Å². The van der Waals surface area contributed by atoms with Crippen LogP contribution in [0.2, 0.25) is 5.02 Å². The molecule has 0 unspecified atom stereocenters. The highest BCUT2D eigenvalue weighted by molar-refractivity contribution is 6.31. The highest BCUT2D eigenvalue weighted by Gasteiger charge is 2.25. The standard InChI is InChI=1S/C22H18ClFN6O3/c1-27-19-17(20(31)28(2)22(27)32)29(11-14-15(23)5-4-6-16(14)24)21-26-25-18(30(19)21)12-7-9-13(33-3)10-8-12/h4-10H,11H2,1-3H3. The lowest BCUT2D eigenvalue weighted by atomic mass is 10.2. The van der Waals surface area contributed by atoms with E-state index in [-0.39, 0.29) is 28.4 Å². The van der Waals surface area contributed by atoms with E-state index in [1.807, 2.05) is 0 Å². The second-order valence-corrected chi connectivity index (χ2v) is 7.96. The molecule has 0 fully saturated rings. The first-order valence-electron chi connectivity index (χ1n) is 9.94. The topological polar surface area (TPSA) is 88.3 Å². The lowest BCUT2D eigenvalue weighted by molar-refractivity contribution is 0.415. The minimum absolute atomic E-state index is 0.0767. The number of hydrogen-bond acceptors (Lipinski definition) is 5. The van der Waals surface area contributed by atoms with Crippen molar-refractivity contribution >= 4 is 28.5 Å². The Morgan fingerprint density at radius 2 is 1.76 bits per heavy atom. The average molecular weight is 469 g/mol. The summed E-state index contributed by atoms with van der Waals surface area (Å²) in [5.41, 5.74) is 0.319. The van der Waals surface area contributed by atoms with Gasteiger partial charge in [-0.1, -0.05) is 17.7 Å². The van der Waals surface area contributed by atoms with Crippen molar-refractivity contribution in [2.75, 3.05) is 7.11 Å². The van der Waals surface area contributed by atoms with E-state index in [0.29, 0.717) is 22.8 Å². The largest absolute Gasteiger partial charge is 0.497 e. The predicted octanol–water partition coefficient (Wildman–Crippen LogP) is 2.60. The number of benzene rings is 2. The van der Waals surface area contributed by atoms with E-state index in [1.54, 1.807) is 48.9 Å². The fourth-order valence-corrected chi connectivity index (χ4v) is 4.19. The second kappa shape index (κ2) is 7.59. The van der Waals surface area contributed by atoms with Crippen LogP contribution in [-0.2, 0) is 20.6 Å². The van der Waals surface area contributed by atoms with Crippen LogP contribution in [-0.4, -0.2) is 35.4 Å². The molecule has 0 saturated heterocycles. The van der Waals surface area contributed by atoms with Gasteiger partial charge in [0.1, 0.15) is 11.6 Å². The van der Waals surface area contributed by atoms with Crippen molar-refractivity contribution in [3.8, 4) is 17.1 Å². The lowest BCUT2D eigenvalue weighted by Gasteiger charge is -2.09. The van der Waals surface area contributed by atoms with Crippen LogP contribution >= 0.6 is 11.6 Å². The molecule has 33 heavy (non-hydrogen) atoms. The summed E-state index contributed by atoms with van der Waals surface area (Å²) >= 11 is 6.26. The molecule has 9 nitrogen and oxygen atoms in total. The van der Waals surface area contributed by atoms with Crippen molar-refractivity contribution in [2.45, 2.75) is 6.54 Å². The van der Waals surface area contributed by atoms with Crippen molar-refractivity contribution in [3.63, 3.8) is 0 Å². The Bertz CT molecular complexity index is 1640. The Hall–Kier alpha value is -3.92. The molecule has 0 bridgehead atoms. The molecule has 0 aliphatic carbocycles. The number of rotatable bonds is 4. The Balaban J connectivity index is 1.89. The first-order chi connectivity index (χ1) is 15.8. The normalized spacial score (nSPS) is 11.5. The van der Waals surface area contributed by atoms with Crippen molar-refractivity contribution < 1.29 is 9.13 Å². The minimum atomic E-state index is -0.535. The predicted molar refractivity (Wildman–Crippen MR) is 121 cm³/mol. The molecular formula is C22H18ClFN6O3. The zero-order valence-electron chi connectivity index (χ0n) is 17.9. The number of aromatic nitrogens is 6. The van der Waals surface area contributed by atoms with E-state index < -0.39 is 17.1 Å². The van der Waals surface area contributed by atoms with E-state index >= 15 is 0 Å². The van der Waals surface area contributed by atoms with Crippen LogP contribution in [0.5, 0.6) is 5.75 Å². The Labute approximate surface area is 190 Å². The smallest absolute Gasteiger partial charge is 0.332 e. The zero-order chi connectivity index (χ0) is 23.4. The highest BCUT2D eigenvalue weighted by atomic mass is 35.5. The van der Waals surface area contributed by atoms with Crippen LogP contribution in [0.1, 0.15) is 5.56 Å². The number of hydrogen-bond donors (Lipinski definition) is 0. The molecule has 0 spiro atoms. The van der Waals surface area contributed by atoms with Crippen LogP contribution < -0.4 is 16.0 Å². The summed E-state index contributed by atoms with van der Waals surface area (Å²) in [6, 6.07) is 11.5. The maximum atomic E-state index is 14.6. The first-order valence-corrected chi connectivity index (χ1v) is 10.3. The highest BCUT2D eigenvalue weighted by Crippen LogP contribution is 2.28. The zero-order valence-corrected chi connectivity index (χ0v) is 18.7. The third-order valence-electron chi connectivity index (χ3n) is 5.71. The summed E-state index contributed by atoms with van der Waals surface area (Å²) in [4.78, 5) is 25.9. The molecule has 0 aliphatic heterocycles. The second-order valence-electron chi connectivity index (χ2n) is 7.55. The molecule has 3 heterocycles. The van der Waals surface area contributed by atoms with Gasteiger partial charge in [0.05, 0.1) is 13.7 Å². The number of halogens is 2. The third-order valence-corrected chi connectivity index (χ3v) is 6.06. The van der Waals surface area contributed by atoms with Gasteiger partial charge in [0.15, 0.2) is 17.0 Å². The quantitative estimate of drug-likeness (QED) is 0.404. The molecule has 0 aliphatic rings. The molecular weight excluding hydrogens is 451 g/mol. The fourth-order valence-electron chi connectivity index (χ4n) is 3.97. The molecule has 2 aromatic carbocycles. The Kier molecular flexibility index (Phi) is 4.82. The van der Waals surface area contributed by atoms with Gasteiger partial charge in [-0.3, -0.25) is 18.5 Å². The monoisotopic (exact) mass is 468 g/mol. The van der Waals surface area contributed by atoms with E-state index in [4.69, 9.17) is 16.3 Å². The number of aryl methyl sites for hydroxylation is 1. The third kappa shape index (κ3) is 3.05. The van der Waals surface area contributed by atoms with Crippen molar-refractivity contribution in [1.82, 2.24) is 28.3 Å². The molecule has 0 N–H and O–H groups in total. The molecule has 0 saturated carbocycles. The maximum Gasteiger partial charge on any atom is 0.332 e. The fraction of sp³-hybridized carbons (Fsp3) is 0.182. The molecule has 168 valence electrons. The lowest BCUT2D eigenvalue weighted by Crippen LogP contribution is -2.37. The maximum absolute atomic E-state index is 14.6. The summed E-state index contributed by atoms with van der Waals surface area (Å²) in [6.07, 6.45) is 0. The van der Waals surface area contributed by atoms with Gasteiger partial charge < -0.3 is 4.74 Å². The van der Waals surface area contributed by atoms with Gasteiger partial charge >= 0.3 is 5.69 Å². The Morgan fingerprint density at radius 1 is 1.03 bits per heavy atom. The summed E-state index contributed by atoms with van der Waals surface area (Å²) in [6.45, 7) is -0.0767. The summed E-state index contributed by atoms with van der Waals surface area (Å²) in [5.74, 6) is 0.837. The van der Waals surface area contributed by atoms with E-state index in [1.165, 1.54) is 28.3 Å². The van der Waals surface area contributed by atoms with Gasteiger partial charge in [-0.15, -0.1) is 10.2 Å². The SMILES string of the molecule is COc1ccc(-c2nnc3n(Cc4c(F)cccc4Cl)c4c(=O)n(C)c(=O)n(C)c4n23)cc1. The van der Waals surface area contributed by atoms with Crippen molar-refractivity contribution in [3.05, 3.63) is 79.7 Å². The van der Waals surface area contributed by atoms with Gasteiger partial charge in [0.2, 0.25) is 5.78 Å². The van der Waals surface area contributed by atoms with E-state index in [9.17, 15) is 14.0 Å². The summed E-state index contributed by atoms with van der Waals surface area (Å²) in [7, 11) is 4.52. The van der Waals surface area contributed by atoms with Crippen molar-refractivity contribution in [1.29, 1.82) is 0 Å². The van der Waals surface area contributed by atoms with Gasteiger partial charge in [0.25, 0.3) is 5.56 Å². The van der Waals surface area contributed by atoms with Crippen LogP contribution in [0.3, 0.4) is 0 Å². The van der Waals surface area contributed by atoms with Crippen molar-refractivity contribution in [2.24, 2.45) is 14.1 Å². The summed E-state index contributed by atoms with van der Waals surface area (Å²) < 4.78 is 25.3. The van der Waals surface area contributed by atoms with Crippen LogP contribution in [0.25, 0.3) is 28.3 Å². The molecule has 0 atom stereocenters. The van der Waals surface area contributed by atoms with E-state index in [2.05, 4.69) is 10.2 Å². The molecule has 3 aromatic heterocycles. The number of fused-ring (bicyclic) bond motifs is 3. The first kappa shape index (κ1) is 21.0. The molecule has 5 rings (SSSR count). The summed E-state index contributed by atoms with van der Waals surface area (Å²) in [5, 5.41) is 8.80. The van der Waals surface area contributed by atoms with Crippen LogP contribution in [0, 0.1) is 5.82 Å². The molecule has 0 radical (unpaired) electrons. The van der Waals surface area contributed by atoms with E-state index in [0.717, 1.165) is 4.57 Å². The minimum Gasteiger partial charge on any atom is -0.497 e. The van der Waals surface area contributed by atoms with Crippen LogP contribution in [0.15, 0.2) is 52.1 Å². The number of nitrogens with zero attached hydrogens (tertiary/aromatic N) is 6. The number of imidazole rings is 1.